The standard InChI is InChI=1S/C13H11ClN2O/c14-13(17)3-1-2-10-8-16-12-5-4-9(7-15)6-11(10)12/h4-6,8,16H,1-3H2. The Balaban J connectivity index is 2.22. The largest absolute Gasteiger partial charge is 0.361 e. The SMILES string of the molecule is N#Cc1ccc2[nH]cc(CCCC(=O)Cl)c2c1. The number of hydrogen-bond acceptors (Lipinski definition) is 2. The van der Waals surface area contributed by atoms with Gasteiger partial charge in [-0.2, -0.15) is 5.26 Å². The molecule has 0 fully saturated rings. The van der Waals surface area contributed by atoms with Gasteiger partial charge in [0.15, 0.2) is 0 Å². The maximum Gasteiger partial charge on any atom is 0.221 e. The van der Waals surface area contributed by atoms with Gasteiger partial charge in [-0.25, -0.2) is 0 Å². The fourth-order valence-corrected chi connectivity index (χ4v) is 2.01. The minimum absolute atomic E-state index is 0.303. The van der Waals surface area contributed by atoms with Gasteiger partial charge >= 0.3 is 0 Å². The Morgan fingerprint density at radius 1 is 1.47 bits per heavy atom. The van der Waals surface area contributed by atoms with Gasteiger partial charge in [0.25, 0.3) is 0 Å². The van der Waals surface area contributed by atoms with Crippen molar-refractivity contribution in [2.75, 3.05) is 0 Å². The summed E-state index contributed by atoms with van der Waals surface area (Å²) in [4.78, 5) is 13.8. The van der Waals surface area contributed by atoms with Gasteiger partial charge in [0, 0.05) is 23.5 Å². The number of nitriles is 1. The Kier molecular flexibility index (Phi) is 3.46. The Hall–Kier alpha value is -1.79. The van der Waals surface area contributed by atoms with Crippen LogP contribution in [0.1, 0.15) is 24.0 Å². The fourth-order valence-electron chi connectivity index (χ4n) is 1.87. The van der Waals surface area contributed by atoms with Crippen molar-refractivity contribution in [1.82, 2.24) is 4.98 Å². The van der Waals surface area contributed by atoms with Crippen LogP contribution in [0.3, 0.4) is 0 Å². The molecule has 0 bridgehead atoms. The molecule has 2 rings (SSSR count). The van der Waals surface area contributed by atoms with Gasteiger partial charge in [0.05, 0.1) is 11.6 Å². The lowest BCUT2D eigenvalue weighted by Gasteiger charge is -1.98. The second kappa shape index (κ2) is 5.03. The minimum atomic E-state index is -0.303. The van der Waals surface area contributed by atoms with Gasteiger partial charge in [0.2, 0.25) is 5.24 Å². The highest BCUT2D eigenvalue weighted by atomic mass is 35.5. The van der Waals surface area contributed by atoms with E-state index in [9.17, 15) is 4.79 Å². The lowest BCUT2D eigenvalue weighted by molar-refractivity contribution is -0.111. The van der Waals surface area contributed by atoms with Crippen molar-refractivity contribution in [2.24, 2.45) is 0 Å². The molecule has 0 atom stereocenters. The summed E-state index contributed by atoms with van der Waals surface area (Å²) in [6.45, 7) is 0. The van der Waals surface area contributed by atoms with Crippen molar-refractivity contribution in [2.45, 2.75) is 19.3 Å². The van der Waals surface area contributed by atoms with Crippen LogP contribution in [0.2, 0.25) is 0 Å². The highest BCUT2D eigenvalue weighted by Crippen LogP contribution is 2.21. The molecule has 0 spiro atoms. The molecule has 17 heavy (non-hydrogen) atoms. The maximum atomic E-state index is 10.7. The Morgan fingerprint density at radius 3 is 3.00 bits per heavy atom. The zero-order valence-electron chi connectivity index (χ0n) is 9.16. The third kappa shape index (κ3) is 2.66. The van der Waals surface area contributed by atoms with E-state index in [1.165, 1.54) is 0 Å². The van der Waals surface area contributed by atoms with E-state index in [-0.39, 0.29) is 5.24 Å². The first-order valence-electron chi connectivity index (χ1n) is 5.39. The van der Waals surface area contributed by atoms with Crippen molar-refractivity contribution in [3.8, 4) is 6.07 Å². The number of carbonyl (C=O) groups excluding carboxylic acids is 1. The highest BCUT2D eigenvalue weighted by molar-refractivity contribution is 6.63. The van der Waals surface area contributed by atoms with Crippen LogP contribution in [0.15, 0.2) is 24.4 Å². The van der Waals surface area contributed by atoms with E-state index >= 15 is 0 Å². The molecule has 3 nitrogen and oxygen atoms in total. The Bertz CT molecular complexity index is 595. The summed E-state index contributed by atoms with van der Waals surface area (Å²) in [5, 5.41) is 9.60. The Labute approximate surface area is 104 Å². The molecule has 2 aromatic rings. The first-order chi connectivity index (χ1) is 8.20. The molecule has 0 saturated heterocycles. The molecule has 0 radical (unpaired) electrons. The topological polar surface area (TPSA) is 56.6 Å². The average Bonchev–Trinajstić information content (AvgIpc) is 2.71. The number of rotatable bonds is 4. The van der Waals surface area contributed by atoms with Gasteiger partial charge in [-0.15, -0.1) is 0 Å². The summed E-state index contributed by atoms with van der Waals surface area (Å²) in [7, 11) is 0. The van der Waals surface area contributed by atoms with Gasteiger partial charge < -0.3 is 4.98 Å². The molecule has 1 heterocycles. The summed E-state index contributed by atoms with van der Waals surface area (Å²) in [5.74, 6) is 0. The summed E-state index contributed by atoms with van der Waals surface area (Å²) in [6, 6.07) is 7.66. The van der Waals surface area contributed by atoms with Crippen molar-refractivity contribution in [3.63, 3.8) is 0 Å². The van der Waals surface area contributed by atoms with E-state index in [4.69, 9.17) is 16.9 Å². The highest BCUT2D eigenvalue weighted by Gasteiger charge is 2.05. The number of benzene rings is 1. The lowest BCUT2D eigenvalue weighted by atomic mass is 10.1. The molecule has 0 aliphatic rings. The van der Waals surface area contributed by atoms with E-state index in [1.54, 1.807) is 6.07 Å². The van der Waals surface area contributed by atoms with Gasteiger partial charge in [-0.05, 0) is 48.2 Å². The third-order valence-electron chi connectivity index (χ3n) is 2.72. The molecular weight excluding hydrogens is 236 g/mol. The summed E-state index contributed by atoms with van der Waals surface area (Å²) < 4.78 is 0. The molecule has 1 aromatic heterocycles. The molecule has 4 heteroatoms. The van der Waals surface area contributed by atoms with Crippen LogP contribution in [0, 0.1) is 11.3 Å². The van der Waals surface area contributed by atoms with Crippen LogP contribution in [0.4, 0.5) is 0 Å². The summed E-state index contributed by atoms with van der Waals surface area (Å²) in [5.41, 5.74) is 2.78. The second-order valence-corrected chi connectivity index (χ2v) is 4.32. The van der Waals surface area contributed by atoms with Crippen LogP contribution in [-0.4, -0.2) is 10.2 Å². The number of carbonyl (C=O) groups is 1. The number of aromatic amines is 1. The normalized spacial score (nSPS) is 10.4. The number of fused-ring (bicyclic) bond motifs is 1. The molecule has 0 saturated carbocycles. The van der Waals surface area contributed by atoms with E-state index in [0.717, 1.165) is 29.3 Å². The summed E-state index contributed by atoms with van der Waals surface area (Å²) >= 11 is 5.29. The minimum Gasteiger partial charge on any atom is -0.361 e. The van der Waals surface area contributed by atoms with E-state index in [2.05, 4.69) is 11.1 Å². The smallest absolute Gasteiger partial charge is 0.221 e. The monoisotopic (exact) mass is 246 g/mol. The molecule has 86 valence electrons. The average molecular weight is 247 g/mol. The zero-order chi connectivity index (χ0) is 12.3. The number of halogens is 1. The predicted octanol–water partition coefficient (Wildman–Crippen LogP) is 3.13. The van der Waals surface area contributed by atoms with E-state index in [1.807, 2.05) is 18.3 Å². The molecule has 0 amide bonds. The second-order valence-electron chi connectivity index (χ2n) is 3.89. The van der Waals surface area contributed by atoms with Gasteiger partial charge in [-0.1, -0.05) is 0 Å². The van der Waals surface area contributed by atoms with Crippen LogP contribution >= 0.6 is 11.6 Å². The number of H-pyrrole nitrogens is 1. The number of hydrogen-bond donors (Lipinski definition) is 1. The van der Waals surface area contributed by atoms with Crippen molar-refractivity contribution < 1.29 is 4.79 Å². The zero-order valence-corrected chi connectivity index (χ0v) is 9.92. The number of nitrogens with one attached hydrogen (secondary N) is 1. The first-order valence-corrected chi connectivity index (χ1v) is 5.77. The molecule has 0 unspecified atom stereocenters. The van der Waals surface area contributed by atoms with E-state index < -0.39 is 0 Å². The maximum absolute atomic E-state index is 10.7. The van der Waals surface area contributed by atoms with Crippen LogP contribution in [0.5, 0.6) is 0 Å². The number of aryl methyl sites for hydroxylation is 1. The van der Waals surface area contributed by atoms with Crippen LogP contribution in [0.25, 0.3) is 10.9 Å². The van der Waals surface area contributed by atoms with E-state index in [0.29, 0.717) is 12.0 Å². The molecule has 1 aromatic carbocycles. The van der Waals surface area contributed by atoms with Crippen LogP contribution < -0.4 is 0 Å². The molecule has 0 aliphatic heterocycles. The first kappa shape index (κ1) is 11.7. The Morgan fingerprint density at radius 2 is 2.29 bits per heavy atom. The summed E-state index contributed by atoms with van der Waals surface area (Å²) in [6.07, 6.45) is 3.82. The molecule has 0 aliphatic carbocycles. The van der Waals surface area contributed by atoms with Gasteiger partial charge in [0.1, 0.15) is 0 Å². The number of nitrogens with zero attached hydrogens (tertiary/aromatic N) is 1. The molecular formula is C13H11ClN2O. The fraction of sp³-hybridized carbons (Fsp3) is 0.231. The van der Waals surface area contributed by atoms with Gasteiger partial charge in [-0.3, -0.25) is 4.79 Å². The van der Waals surface area contributed by atoms with Crippen molar-refractivity contribution >= 4 is 27.7 Å². The molecule has 1 N–H and O–H groups in total. The van der Waals surface area contributed by atoms with Crippen molar-refractivity contribution in [1.29, 1.82) is 5.26 Å². The lowest BCUT2D eigenvalue weighted by Crippen LogP contribution is -1.89. The quantitative estimate of drug-likeness (QED) is 0.843. The number of aromatic nitrogens is 1. The third-order valence-corrected chi connectivity index (χ3v) is 2.90. The van der Waals surface area contributed by atoms with Crippen molar-refractivity contribution in [3.05, 3.63) is 35.5 Å². The van der Waals surface area contributed by atoms with Crippen LogP contribution in [-0.2, 0) is 11.2 Å². The predicted molar refractivity (Wildman–Crippen MR) is 66.8 cm³/mol.